The van der Waals surface area contributed by atoms with Crippen molar-refractivity contribution in [3.8, 4) is 0 Å². The van der Waals surface area contributed by atoms with E-state index < -0.39 is 0 Å². The second-order valence-electron chi connectivity index (χ2n) is 3.45. The van der Waals surface area contributed by atoms with Crippen molar-refractivity contribution in [1.82, 2.24) is 9.88 Å². The van der Waals surface area contributed by atoms with E-state index in [2.05, 4.69) is 41.4 Å². The number of hydrogen-bond donors (Lipinski definition) is 1. The highest BCUT2D eigenvalue weighted by Crippen LogP contribution is 2.14. The number of thiazole rings is 1. The van der Waals surface area contributed by atoms with Gasteiger partial charge in [0.1, 0.15) is 0 Å². The van der Waals surface area contributed by atoms with Crippen molar-refractivity contribution in [2.24, 2.45) is 0 Å². The molecule has 0 spiro atoms. The molecule has 15 heavy (non-hydrogen) atoms. The van der Waals surface area contributed by atoms with Crippen LogP contribution >= 0.6 is 11.3 Å². The maximum absolute atomic E-state index is 4.47. The molecule has 0 fully saturated rings. The molecule has 4 heteroatoms. The Bertz CT molecular complexity index is 269. The molecule has 0 atom stereocenters. The second-order valence-corrected chi connectivity index (χ2v) is 4.31. The first-order chi connectivity index (χ1) is 7.30. The van der Waals surface area contributed by atoms with Crippen LogP contribution in [0.3, 0.4) is 0 Å². The molecule has 1 aromatic rings. The first-order valence-corrected chi connectivity index (χ1v) is 6.58. The fraction of sp³-hybridized carbons (Fsp3) is 0.727. The molecule has 0 aliphatic heterocycles. The lowest BCUT2D eigenvalue weighted by atomic mass is 10.4. The average Bonchev–Trinajstić information content (AvgIpc) is 2.72. The quantitative estimate of drug-likeness (QED) is 0.775. The molecule has 0 unspecified atom stereocenters. The predicted octanol–water partition coefficient (Wildman–Crippen LogP) is 2.46. The molecule has 1 rings (SSSR count). The normalized spacial score (nSPS) is 10.9. The van der Waals surface area contributed by atoms with Crippen molar-refractivity contribution < 1.29 is 0 Å². The van der Waals surface area contributed by atoms with E-state index in [9.17, 15) is 0 Å². The van der Waals surface area contributed by atoms with Gasteiger partial charge in [0.05, 0.1) is 5.69 Å². The Labute approximate surface area is 96.5 Å². The van der Waals surface area contributed by atoms with Gasteiger partial charge in [0.15, 0.2) is 5.13 Å². The van der Waals surface area contributed by atoms with E-state index in [1.54, 1.807) is 11.3 Å². The summed E-state index contributed by atoms with van der Waals surface area (Å²) in [5, 5.41) is 6.54. The van der Waals surface area contributed by atoms with Gasteiger partial charge in [-0.25, -0.2) is 4.98 Å². The van der Waals surface area contributed by atoms with Crippen LogP contribution in [0, 0.1) is 0 Å². The fourth-order valence-corrected chi connectivity index (χ4v) is 2.23. The summed E-state index contributed by atoms with van der Waals surface area (Å²) in [6.07, 6.45) is 1.02. The van der Waals surface area contributed by atoms with Crippen LogP contribution in [0.25, 0.3) is 0 Å². The van der Waals surface area contributed by atoms with Crippen LogP contribution in [0.15, 0.2) is 5.38 Å². The third-order valence-electron chi connectivity index (χ3n) is 2.51. The lowest BCUT2D eigenvalue weighted by Gasteiger charge is -2.17. The summed E-state index contributed by atoms with van der Waals surface area (Å²) in [6, 6.07) is 0. The van der Waals surface area contributed by atoms with Crippen LogP contribution in [-0.2, 0) is 6.42 Å². The number of aryl methyl sites for hydroxylation is 1. The van der Waals surface area contributed by atoms with Crippen molar-refractivity contribution in [1.29, 1.82) is 0 Å². The van der Waals surface area contributed by atoms with Crippen LogP contribution in [0.2, 0.25) is 0 Å². The Hall–Kier alpha value is -0.610. The van der Waals surface area contributed by atoms with Crippen LogP contribution in [0.1, 0.15) is 26.5 Å². The Kier molecular flexibility index (Phi) is 5.65. The Balaban J connectivity index is 2.25. The van der Waals surface area contributed by atoms with Gasteiger partial charge < -0.3 is 10.2 Å². The third kappa shape index (κ3) is 4.18. The number of likely N-dealkylation sites (N-methyl/N-ethyl adjacent to an activating group) is 1. The minimum atomic E-state index is 0.984. The molecule has 0 saturated carbocycles. The number of rotatable bonds is 7. The van der Waals surface area contributed by atoms with E-state index >= 15 is 0 Å². The van der Waals surface area contributed by atoms with E-state index in [1.807, 2.05) is 0 Å². The lowest BCUT2D eigenvalue weighted by Crippen LogP contribution is -2.28. The van der Waals surface area contributed by atoms with Gasteiger partial charge in [-0.15, -0.1) is 11.3 Å². The van der Waals surface area contributed by atoms with Crippen molar-refractivity contribution in [2.75, 3.05) is 31.5 Å². The number of anilines is 1. The first kappa shape index (κ1) is 12.5. The summed E-state index contributed by atoms with van der Waals surface area (Å²) in [4.78, 5) is 6.87. The monoisotopic (exact) mass is 227 g/mol. The SMILES string of the molecule is CCc1csc(NCCN(CC)CC)n1. The molecule has 1 N–H and O–H groups in total. The van der Waals surface area contributed by atoms with Gasteiger partial charge in [-0.05, 0) is 19.5 Å². The second kappa shape index (κ2) is 6.80. The Morgan fingerprint density at radius 1 is 1.33 bits per heavy atom. The highest BCUT2D eigenvalue weighted by molar-refractivity contribution is 7.13. The van der Waals surface area contributed by atoms with Crippen LogP contribution < -0.4 is 5.32 Å². The summed E-state index contributed by atoms with van der Waals surface area (Å²) in [5.41, 5.74) is 1.19. The number of hydrogen-bond acceptors (Lipinski definition) is 4. The molecule has 0 amide bonds. The fourth-order valence-electron chi connectivity index (χ4n) is 1.41. The highest BCUT2D eigenvalue weighted by Gasteiger charge is 2.01. The smallest absolute Gasteiger partial charge is 0.182 e. The van der Waals surface area contributed by atoms with Gasteiger partial charge in [-0.3, -0.25) is 0 Å². The van der Waals surface area contributed by atoms with E-state index in [-0.39, 0.29) is 0 Å². The van der Waals surface area contributed by atoms with Gasteiger partial charge >= 0.3 is 0 Å². The predicted molar refractivity (Wildman–Crippen MR) is 67.8 cm³/mol. The molecule has 1 aromatic heterocycles. The maximum atomic E-state index is 4.47. The highest BCUT2D eigenvalue weighted by atomic mass is 32.1. The molecule has 3 nitrogen and oxygen atoms in total. The molecular weight excluding hydrogens is 206 g/mol. The summed E-state index contributed by atoms with van der Waals surface area (Å²) in [7, 11) is 0. The zero-order valence-electron chi connectivity index (χ0n) is 9.92. The summed E-state index contributed by atoms with van der Waals surface area (Å²) in [6.45, 7) is 10.8. The number of nitrogens with zero attached hydrogens (tertiary/aromatic N) is 2. The lowest BCUT2D eigenvalue weighted by molar-refractivity contribution is 0.316. The van der Waals surface area contributed by atoms with Crippen LogP contribution in [0.5, 0.6) is 0 Å². The molecule has 0 bridgehead atoms. The number of nitrogens with one attached hydrogen (secondary N) is 1. The summed E-state index contributed by atoms with van der Waals surface area (Å²) in [5.74, 6) is 0. The first-order valence-electron chi connectivity index (χ1n) is 5.70. The van der Waals surface area contributed by atoms with Crippen molar-refractivity contribution in [3.05, 3.63) is 11.1 Å². The molecule has 1 heterocycles. The maximum Gasteiger partial charge on any atom is 0.182 e. The number of aromatic nitrogens is 1. The van der Waals surface area contributed by atoms with Crippen molar-refractivity contribution in [3.63, 3.8) is 0 Å². The zero-order chi connectivity index (χ0) is 11.1. The summed E-state index contributed by atoms with van der Waals surface area (Å²) >= 11 is 1.70. The topological polar surface area (TPSA) is 28.2 Å². The largest absolute Gasteiger partial charge is 0.360 e. The molecule has 0 aliphatic rings. The zero-order valence-corrected chi connectivity index (χ0v) is 10.7. The van der Waals surface area contributed by atoms with E-state index in [1.165, 1.54) is 5.69 Å². The average molecular weight is 227 g/mol. The van der Waals surface area contributed by atoms with Crippen molar-refractivity contribution >= 4 is 16.5 Å². The minimum Gasteiger partial charge on any atom is -0.360 e. The molecule has 0 saturated heterocycles. The van der Waals surface area contributed by atoms with Gasteiger partial charge in [-0.2, -0.15) is 0 Å². The molecule has 0 aromatic carbocycles. The summed E-state index contributed by atoms with van der Waals surface area (Å²) < 4.78 is 0. The van der Waals surface area contributed by atoms with Gasteiger partial charge in [0.2, 0.25) is 0 Å². The third-order valence-corrected chi connectivity index (χ3v) is 3.36. The van der Waals surface area contributed by atoms with Gasteiger partial charge in [0, 0.05) is 18.5 Å². The Morgan fingerprint density at radius 2 is 2.07 bits per heavy atom. The van der Waals surface area contributed by atoms with Crippen molar-refractivity contribution in [2.45, 2.75) is 27.2 Å². The van der Waals surface area contributed by atoms with Crippen LogP contribution in [-0.4, -0.2) is 36.1 Å². The molecule has 0 aliphatic carbocycles. The molecule has 86 valence electrons. The van der Waals surface area contributed by atoms with Gasteiger partial charge in [0.25, 0.3) is 0 Å². The molecule has 0 radical (unpaired) electrons. The minimum absolute atomic E-state index is 0.984. The Morgan fingerprint density at radius 3 is 2.60 bits per heavy atom. The van der Waals surface area contributed by atoms with Gasteiger partial charge in [-0.1, -0.05) is 20.8 Å². The molecular formula is C11H21N3S. The van der Waals surface area contributed by atoms with E-state index in [0.717, 1.165) is 37.7 Å². The van der Waals surface area contributed by atoms with E-state index in [4.69, 9.17) is 0 Å². The van der Waals surface area contributed by atoms with E-state index in [0.29, 0.717) is 0 Å². The van der Waals surface area contributed by atoms with Crippen LogP contribution in [0.4, 0.5) is 5.13 Å². The standard InChI is InChI=1S/C11H21N3S/c1-4-10-9-15-11(13-10)12-7-8-14(5-2)6-3/h9H,4-8H2,1-3H3,(H,12,13).